The Hall–Kier alpha value is -2.53. The molecule has 0 saturated heterocycles. The van der Waals surface area contributed by atoms with Crippen molar-refractivity contribution in [1.29, 1.82) is 0 Å². The van der Waals surface area contributed by atoms with Gasteiger partial charge in [0.2, 0.25) is 0 Å². The van der Waals surface area contributed by atoms with Crippen LogP contribution in [0.5, 0.6) is 11.5 Å². The molecule has 0 saturated carbocycles. The molecule has 5 heteroatoms. The number of nitrogens with one attached hydrogen (secondary N) is 1. The van der Waals surface area contributed by atoms with Crippen LogP contribution in [0.4, 0.5) is 0 Å². The van der Waals surface area contributed by atoms with E-state index < -0.39 is 0 Å². The van der Waals surface area contributed by atoms with Crippen molar-refractivity contribution in [3.8, 4) is 11.5 Å². The van der Waals surface area contributed by atoms with Gasteiger partial charge >= 0.3 is 5.97 Å². The van der Waals surface area contributed by atoms with Crippen molar-refractivity contribution >= 4 is 5.97 Å². The van der Waals surface area contributed by atoms with E-state index in [1.807, 2.05) is 48.5 Å². The first-order chi connectivity index (χ1) is 12.2. The lowest BCUT2D eigenvalue weighted by molar-refractivity contribution is -0.143. The predicted molar refractivity (Wildman–Crippen MR) is 96.8 cm³/mol. The average Bonchev–Trinajstić information content (AvgIpc) is 2.65. The molecule has 0 heterocycles. The summed E-state index contributed by atoms with van der Waals surface area (Å²) in [5.41, 5.74) is 2.04. The van der Waals surface area contributed by atoms with Crippen molar-refractivity contribution in [3.63, 3.8) is 0 Å². The summed E-state index contributed by atoms with van der Waals surface area (Å²) in [4.78, 5) is 12.0. The second-order valence-electron chi connectivity index (χ2n) is 5.54. The van der Waals surface area contributed by atoms with Crippen molar-refractivity contribution in [1.82, 2.24) is 5.32 Å². The quantitative estimate of drug-likeness (QED) is 0.706. The summed E-state index contributed by atoms with van der Waals surface area (Å²) < 4.78 is 15.9. The maximum Gasteiger partial charge on any atom is 0.307 e. The molecular weight excluding hydrogens is 318 g/mol. The van der Waals surface area contributed by atoms with E-state index in [4.69, 9.17) is 14.2 Å². The van der Waals surface area contributed by atoms with Crippen LogP contribution in [0, 0.1) is 0 Å². The fourth-order valence-electron chi connectivity index (χ4n) is 2.62. The molecule has 0 aliphatic heterocycles. The van der Waals surface area contributed by atoms with Gasteiger partial charge in [0.15, 0.2) is 0 Å². The van der Waals surface area contributed by atoms with Gasteiger partial charge in [-0.3, -0.25) is 4.79 Å². The first kappa shape index (κ1) is 18.8. The predicted octanol–water partition coefficient (Wildman–Crippen LogP) is 3.49. The van der Waals surface area contributed by atoms with Gasteiger partial charge in [-0.25, -0.2) is 0 Å². The summed E-state index contributed by atoms with van der Waals surface area (Å²) in [6.07, 6.45) is 0.226. The molecule has 134 valence electrons. The Labute approximate surface area is 148 Å². The highest BCUT2D eigenvalue weighted by atomic mass is 16.5. The van der Waals surface area contributed by atoms with Crippen LogP contribution in [0.2, 0.25) is 0 Å². The van der Waals surface area contributed by atoms with Crippen LogP contribution in [0.15, 0.2) is 48.5 Å². The van der Waals surface area contributed by atoms with Gasteiger partial charge in [0.25, 0.3) is 0 Å². The molecule has 0 bridgehead atoms. The van der Waals surface area contributed by atoms with E-state index in [1.54, 1.807) is 21.1 Å². The fourth-order valence-corrected chi connectivity index (χ4v) is 2.62. The first-order valence-corrected chi connectivity index (χ1v) is 8.32. The number of rotatable bonds is 9. The normalized spacial score (nSPS) is 11.6. The number of esters is 1. The van der Waals surface area contributed by atoms with Crippen LogP contribution in [0.1, 0.15) is 30.5 Å². The van der Waals surface area contributed by atoms with Crippen LogP contribution >= 0.6 is 0 Å². The molecule has 1 atom stereocenters. The van der Waals surface area contributed by atoms with E-state index in [2.05, 4.69) is 5.32 Å². The maximum atomic E-state index is 12.0. The van der Waals surface area contributed by atoms with E-state index in [0.717, 1.165) is 11.1 Å². The molecule has 2 aromatic rings. The van der Waals surface area contributed by atoms with E-state index in [9.17, 15) is 4.79 Å². The number of hydrogen-bond acceptors (Lipinski definition) is 5. The third kappa shape index (κ3) is 5.50. The third-order valence-electron chi connectivity index (χ3n) is 3.89. The van der Waals surface area contributed by atoms with Crippen LogP contribution in [-0.2, 0) is 16.1 Å². The van der Waals surface area contributed by atoms with E-state index in [0.29, 0.717) is 24.7 Å². The topological polar surface area (TPSA) is 56.8 Å². The average molecular weight is 343 g/mol. The number of methoxy groups -OCH3 is 2. The Kier molecular flexibility index (Phi) is 7.29. The number of benzene rings is 2. The molecule has 0 spiro atoms. The fraction of sp³-hybridized carbons (Fsp3) is 0.350. The van der Waals surface area contributed by atoms with Crippen molar-refractivity contribution in [3.05, 3.63) is 59.7 Å². The van der Waals surface area contributed by atoms with Crippen LogP contribution in [0.3, 0.4) is 0 Å². The maximum absolute atomic E-state index is 12.0. The summed E-state index contributed by atoms with van der Waals surface area (Å²) in [7, 11) is 3.22. The molecule has 5 nitrogen and oxygen atoms in total. The Bertz CT molecular complexity index is 673. The molecule has 0 amide bonds. The standard InChI is InChI=1S/C20H25NO4/c1-4-25-20(22)13-18(21-14-15-8-6-5-7-9-15)17-11-10-16(23-2)12-19(17)24-3/h5-12,18,21H,4,13-14H2,1-3H3. The van der Waals surface area contributed by atoms with Crippen LogP contribution in [0.25, 0.3) is 0 Å². The minimum absolute atomic E-state index is 0.222. The number of ether oxygens (including phenoxy) is 3. The minimum Gasteiger partial charge on any atom is -0.497 e. The Morgan fingerprint density at radius 3 is 2.48 bits per heavy atom. The van der Waals surface area contributed by atoms with E-state index in [-0.39, 0.29) is 18.4 Å². The lowest BCUT2D eigenvalue weighted by Crippen LogP contribution is -2.25. The van der Waals surface area contributed by atoms with Gasteiger partial charge < -0.3 is 19.5 Å². The van der Waals surface area contributed by atoms with Gasteiger partial charge in [0, 0.05) is 24.2 Å². The molecule has 0 aliphatic rings. The number of hydrogen-bond donors (Lipinski definition) is 1. The summed E-state index contributed by atoms with van der Waals surface area (Å²) >= 11 is 0. The van der Waals surface area contributed by atoms with Crippen molar-refractivity contribution in [2.75, 3.05) is 20.8 Å². The molecule has 1 N–H and O–H groups in total. The van der Waals surface area contributed by atoms with Gasteiger partial charge in [-0.1, -0.05) is 36.4 Å². The molecule has 0 aromatic heterocycles. The van der Waals surface area contributed by atoms with Crippen molar-refractivity contribution in [2.24, 2.45) is 0 Å². The smallest absolute Gasteiger partial charge is 0.307 e. The molecule has 25 heavy (non-hydrogen) atoms. The highest BCUT2D eigenvalue weighted by molar-refractivity contribution is 5.70. The second-order valence-corrected chi connectivity index (χ2v) is 5.54. The van der Waals surface area contributed by atoms with Gasteiger partial charge in [-0.2, -0.15) is 0 Å². The summed E-state index contributed by atoms with van der Waals surface area (Å²) in [6.45, 7) is 2.81. The first-order valence-electron chi connectivity index (χ1n) is 8.32. The Morgan fingerprint density at radius 2 is 1.84 bits per heavy atom. The molecule has 0 fully saturated rings. The zero-order valence-corrected chi connectivity index (χ0v) is 15.0. The van der Waals surface area contributed by atoms with E-state index >= 15 is 0 Å². The van der Waals surface area contributed by atoms with Crippen molar-refractivity contribution in [2.45, 2.75) is 25.9 Å². The highest BCUT2D eigenvalue weighted by Crippen LogP contribution is 2.31. The largest absolute Gasteiger partial charge is 0.497 e. The minimum atomic E-state index is -0.245. The Balaban J connectivity index is 2.22. The SMILES string of the molecule is CCOC(=O)CC(NCc1ccccc1)c1ccc(OC)cc1OC. The third-order valence-corrected chi connectivity index (χ3v) is 3.89. The molecular formula is C20H25NO4. The van der Waals surface area contributed by atoms with Crippen LogP contribution < -0.4 is 14.8 Å². The zero-order chi connectivity index (χ0) is 18.1. The van der Waals surface area contributed by atoms with Gasteiger partial charge in [-0.05, 0) is 18.6 Å². The van der Waals surface area contributed by atoms with E-state index in [1.165, 1.54) is 0 Å². The molecule has 2 aromatic carbocycles. The zero-order valence-electron chi connectivity index (χ0n) is 15.0. The number of carbonyl (C=O) groups is 1. The van der Waals surface area contributed by atoms with Gasteiger partial charge in [-0.15, -0.1) is 0 Å². The molecule has 1 unspecified atom stereocenters. The number of carbonyl (C=O) groups excluding carboxylic acids is 1. The molecule has 0 radical (unpaired) electrons. The van der Waals surface area contributed by atoms with Crippen LogP contribution in [-0.4, -0.2) is 26.8 Å². The summed E-state index contributed by atoms with van der Waals surface area (Å²) in [6, 6.07) is 15.4. The molecule has 2 rings (SSSR count). The Morgan fingerprint density at radius 1 is 1.08 bits per heavy atom. The molecule has 0 aliphatic carbocycles. The highest BCUT2D eigenvalue weighted by Gasteiger charge is 2.20. The van der Waals surface area contributed by atoms with Gasteiger partial charge in [0.1, 0.15) is 11.5 Å². The monoisotopic (exact) mass is 343 g/mol. The van der Waals surface area contributed by atoms with Gasteiger partial charge in [0.05, 0.1) is 27.2 Å². The second kappa shape index (κ2) is 9.69. The lowest BCUT2D eigenvalue weighted by atomic mass is 10.0. The summed E-state index contributed by atoms with van der Waals surface area (Å²) in [5.74, 6) is 1.14. The van der Waals surface area contributed by atoms with Crippen molar-refractivity contribution < 1.29 is 19.0 Å². The lowest BCUT2D eigenvalue weighted by Gasteiger charge is -2.21. The summed E-state index contributed by atoms with van der Waals surface area (Å²) in [5, 5.41) is 3.43.